The van der Waals surface area contributed by atoms with Crippen LogP contribution in [0.3, 0.4) is 0 Å². The van der Waals surface area contributed by atoms with Crippen molar-refractivity contribution in [1.82, 2.24) is 4.98 Å². The molecule has 0 radical (unpaired) electrons. The molecule has 86 valence electrons. The molecule has 0 aliphatic carbocycles. The summed E-state index contributed by atoms with van der Waals surface area (Å²) >= 11 is 5.22. The Labute approximate surface area is 108 Å². The molecule has 1 N–H and O–H groups in total. The van der Waals surface area contributed by atoms with Crippen molar-refractivity contribution in [2.45, 2.75) is 19.9 Å². The molecule has 0 spiro atoms. The maximum atomic E-state index is 4.56. The summed E-state index contributed by atoms with van der Waals surface area (Å²) in [6, 6.07) is 8.66. The van der Waals surface area contributed by atoms with Crippen LogP contribution in [0.25, 0.3) is 10.2 Å². The summed E-state index contributed by atoms with van der Waals surface area (Å²) < 4.78 is 1.24. The predicted molar refractivity (Wildman–Crippen MR) is 75.7 cm³/mol. The third-order valence-corrected chi connectivity index (χ3v) is 4.73. The normalized spacial score (nSPS) is 14.9. The van der Waals surface area contributed by atoms with Gasteiger partial charge in [0.1, 0.15) is 0 Å². The van der Waals surface area contributed by atoms with Crippen LogP contribution in [0.2, 0.25) is 0 Å². The molecule has 0 aliphatic heterocycles. The van der Waals surface area contributed by atoms with Crippen LogP contribution in [0, 0.1) is 5.92 Å². The third-order valence-electron chi connectivity index (χ3n) is 2.74. The quantitative estimate of drug-likeness (QED) is 0.859. The number of anilines is 1. The van der Waals surface area contributed by atoms with Crippen molar-refractivity contribution in [2.24, 2.45) is 5.92 Å². The second-order valence-corrected chi connectivity index (χ2v) is 5.73. The molecule has 1 aromatic heterocycles. The Bertz CT molecular complexity index is 436. The van der Waals surface area contributed by atoms with Crippen LogP contribution in [0.5, 0.6) is 0 Å². The number of alkyl halides is 1. The van der Waals surface area contributed by atoms with E-state index in [-0.39, 0.29) is 0 Å². The molecule has 0 bridgehead atoms. The Hall–Kier alpha value is -0.610. The summed E-state index contributed by atoms with van der Waals surface area (Å²) in [5.74, 6) is 0.590. The van der Waals surface area contributed by atoms with Crippen LogP contribution in [0.1, 0.15) is 13.8 Å². The number of thiazole rings is 1. The van der Waals surface area contributed by atoms with Gasteiger partial charge in [0.05, 0.1) is 10.2 Å². The molecule has 4 heteroatoms. The fourth-order valence-corrected chi connectivity index (χ4v) is 2.93. The molecule has 1 heterocycles. The minimum atomic E-state index is 0.430. The smallest absolute Gasteiger partial charge is 0.184 e. The molecule has 1 aromatic carbocycles. The molecule has 16 heavy (non-hydrogen) atoms. The van der Waals surface area contributed by atoms with Gasteiger partial charge in [0.2, 0.25) is 0 Å². The Morgan fingerprint density at radius 1 is 1.38 bits per heavy atom. The van der Waals surface area contributed by atoms with Crippen molar-refractivity contribution in [3.8, 4) is 0 Å². The first kappa shape index (κ1) is 11.9. The summed E-state index contributed by atoms with van der Waals surface area (Å²) in [5.41, 5.74) is 1.08. The van der Waals surface area contributed by atoms with E-state index < -0.39 is 0 Å². The number of fused-ring (bicyclic) bond motifs is 1. The van der Waals surface area contributed by atoms with E-state index in [1.54, 1.807) is 11.3 Å². The van der Waals surface area contributed by atoms with E-state index in [0.717, 1.165) is 16.0 Å². The zero-order valence-corrected chi connectivity index (χ0v) is 11.8. The first-order valence-corrected chi connectivity index (χ1v) is 7.32. The molecule has 2 aromatic rings. The van der Waals surface area contributed by atoms with Crippen LogP contribution in [0.15, 0.2) is 24.3 Å². The van der Waals surface area contributed by atoms with Gasteiger partial charge in [-0.25, -0.2) is 4.98 Å². The van der Waals surface area contributed by atoms with Gasteiger partial charge in [-0.3, -0.25) is 0 Å². The molecule has 2 atom stereocenters. The van der Waals surface area contributed by atoms with Crippen LogP contribution in [-0.4, -0.2) is 16.4 Å². The van der Waals surface area contributed by atoms with E-state index in [0.29, 0.717) is 12.0 Å². The molecular formula is C12H15BrN2S. The van der Waals surface area contributed by atoms with E-state index in [9.17, 15) is 0 Å². The van der Waals surface area contributed by atoms with E-state index in [1.807, 2.05) is 6.07 Å². The number of halogens is 1. The summed E-state index contributed by atoms with van der Waals surface area (Å²) in [4.78, 5) is 4.56. The van der Waals surface area contributed by atoms with Gasteiger partial charge < -0.3 is 5.32 Å². The van der Waals surface area contributed by atoms with Gasteiger partial charge in [-0.2, -0.15) is 0 Å². The largest absolute Gasteiger partial charge is 0.359 e. The van der Waals surface area contributed by atoms with Crippen molar-refractivity contribution in [2.75, 3.05) is 10.6 Å². The van der Waals surface area contributed by atoms with Crippen molar-refractivity contribution in [3.05, 3.63) is 24.3 Å². The average molecular weight is 299 g/mol. The summed E-state index contributed by atoms with van der Waals surface area (Å²) in [7, 11) is 0. The molecular weight excluding hydrogens is 284 g/mol. The highest BCUT2D eigenvalue weighted by atomic mass is 79.9. The second-order valence-electron chi connectivity index (χ2n) is 4.05. The van der Waals surface area contributed by atoms with Crippen molar-refractivity contribution in [1.29, 1.82) is 0 Å². The van der Waals surface area contributed by atoms with E-state index >= 15 is 0 Å². The zero-order chi connectivity index (χ0) is 11.5. The van der Waals surface area contributed by atoms with Gasteiger partial charge in [0, 0.05) is 11.4 Å². The maximum absolute atomic E-state index is 4.56. The Balaban J connectivity index is 2.15. The fourth-order valence-electron chi connectivity index (χ4n) is 1.40. The number of para-hydroxylation sites is 1. The zero-order valence-electron chi connectivity index (χ0n) is 9.40. The highest BCUT2D eigenvalue weighted by Crippen LogP contribution is 2.26. The molecule has 2 nitrogen and oxygen atoms in total. The monoisotopic (exact) mass is 298 g/mol. The first-order valence-electron chi connectivity index (χ1n) is 5.39. The second kappa shape index (κ2) is 5.15. The highest BCUT2D eigenvalue weighted by Gasteiger charge is 2.12. The van der Waals surface area contributed by atoms with E-state index in [2.05, 4.69) is 58.3 Å². The van der Waals surface area contributed by atoms with Crippen LogP contribution in [-0.2, 0) is 0 Å². The summed E-state index contributed by atoms with van der Waals surface area (Å²) in [5, 5.41) is 5.48. The molecule has 2 rings (SSSR count). The van der Waals surface area contributed by atoms with Crippen molar-refractivity contribution >= 4 is 42.6 Å². The number of nitrogens with zero attached hydrogens (tertiary/aromatic N) is 1. The van der Waals surface area contributed by atoms with Gasteiger partial charge in [-0.15, -0.1) is 0 Å². The summed E-state index contributed by atoms with van der Waals surface area (Å²) in [6.07, 6.45) is 0. The number of hydrogen-bond donors (Lipinski definition) is 1. The Morgan fingerprint density at radius 2 is 2.12 bits per heavy atom. The molecule has 0 amide bonds. The lowest BCUT2D eigenvalue weighted by Crippen LogP contribution is -2.24. The first-order chi connectivity index (χ1) is 7.70. The molecule has 0 aliphatic rings. The number of aromatic nitrogens is 1. The number of nitrogens with one attached hydrogen (secondary N) is 1. The van der Waals surface area contributed by atoms with Crippen molar-refractivity contribution in [3.63, 3.8) is 0 Å². The van der Waals surface area contributed by atoms with E-state index in [1.165, 1.54) is 4.70 Å². The highest BCUT2D eigenvalue weighted by molar-refractivity contribution is 9.09. The lowest BCUT2D eigenvalue weighted by atomic mass is 10.1. The molecule has 0 saturated carbocycles. The molecule has 2 unspecified atom stereocenters. The van der Waals surface area contributed by atoms with Crippen LogP contribution >= 0.6 is 27.3 Å². The third kappa shape index (κ3) is 2.55. The van der Waals surface area contributed by atoms with Crippen molar-refractivity contribution < 1.29 is 0 Å². The van der Waals surface area contributed by atoms with Gasteiger partial charge in [0.25, 0.3) is 0 Å². The minimum Gasteiger partial charge on any atom is -0.359 e. The summed E-state index contributed by atoms with van der Waals surface area (Å²) in [6.45, 7) is 4.41. The molecule has 0 fully saturated rings. The van der Waals surface area contributed by atoms with Gasteiger partial charge in [-0.05, 0) is 25.0 Å². The Morgan fingerprint density at radius 3 is 2.81 bits per heavy atom. The van der Waals surface area contributed by atoms with E-state index in [4.69, 9.17) is 0 Å². The number of hydrogen-bond acceptors (Lipinski definition) is 3. The Kier molecular flexibility index (Phi) is 3.82. The molecule has 0 saturated heterocycles. The lowest BCUT2D eigenvalue weighted by molar-refractivity contribution is 0.572. The maximum Gasteiger partial charge on any atom is 0.184 e. The van der Waals surface area contributed by atoms with Gasteiger partial charge >= 0.3 is 0 Å². The predicted octanol–water partition coefficient (Wildman–Crippen LogP) is 4.13. The topological polar surface area (TPSA) is 24.9 Å². The number of benzene rings is 1. The van der Waals surface area contributed by atoms with Crippen LogP contribution in [0.4, 0.5) is 5.13 Å². The standard InChI is InChI=1S/C12H15BrN2S/c1-8(7-13)9(2)14-12-15-10-5-3-4-6-11(10)16-12/h3-6,8-9H,7H2,1-2H3,(H,14,15). The van der Waals surface area contributed by atoms with Gasteiger partial charge in [-0.1, -0.05) is 46.3 Å². The minimum absolute atomic E-state index is 0.430. The van der Waals surface area contributed by atoms with Gasteiger partial charge in [0.15, 0.2) is 5.13 Å². The average Bonchev–Trinajstić information content (AvgIpc) is 2.69. The SMILES string of the molecule is CC(CBr)C(C)Nc1nc2ccccc2s1. The number of rotatable bonds is 4. The van der Waals surface area contributed by atoms with Crippen LogP contribution < -0.4 is 5.32 Å². The fraction of sp³-hybridized carbons (Fsp3) is 0.417. The lowest BCUT2D eigenvalue weighted by Gasteiger charge is -2.18.